The second kappa shape index (κ2) is 7.92. The molecule has 7 nitrogen and oxygen atoms in total. The maximum absolute atomic E-state index is 12.0. The molecule has 0 spiro atoms. The standard InChI is InChI=1S/C13H17N3O4.ClH/c1-9(10-3-2-4-11(7-10)16(18)19)15-13(17)12-8-14-5-6-20-12;/h2-4,7,9,12,14H,5-6,8H2,1H3,(H,15,17);1H. The molecule has 0 saturated carbocycles. The second-order valence-corrected chi connectivity index (χ2v) is 4.65. The van der Waals surface area contributed by atoms with Gasteiger partial charge in [0.25, 0.3) is 11.6 Å². The van der Waals surface area contributed by atoms with Crippen LogP contribution < -0.4 is 10.6 Å². The summed E-state index contributed by atoms with van der Waals surface area (Å²) in [5.74, 6) is -0.212. The minimum atomic E-state index is -0.509. The van der Waals surface area contributed by atoms with E-state index < -0.39 is 11.0 Å². The number of benzene rings is 1. The van der Waals surface area contributed by atoms with E-state index in [1.54, 1.807) is 19.1 Å². The molecule has 1 aliphatic heterocycles. The van der Waals surface area contributed by atoms with Gasteiger partial charge in [0.15, 0.2) is 0 Å². The molecule has 1 heterocycles. The molecule has 2 N–H and O–H groups in total. The van der Waals surface area contributed by atoms with E-state index in [9.17, 15) is 14.9 Å². The molecule has 2 rings (SSSR count). The van der Waals surface area contributed by atoms with E-state index in [0.717, 1.165) is 6.54 Å². The molecule has 116 valence electrons. The number of hydrogen-bond donors (Lipinski definition) is 2. The summed E-state index contributed by atoms with van der Waals surface area (Å²) < 4.78 is 5.36. The summed E-state index contributed by atoms with van der Waals surface area (Å²) in [7, 11) is 0. The summed E-state index contributed by atoms with van der Waals surface area (Å²) >= 11 is 0. The first-order valence-electron chi connectivity index (χ1n) is 6.45. The lowest BCUT2D eigenvalue weighted by Crippen LogP contribution is -2.48. The van der Waals surface area contributed by atoms with Crippen LogP contribution in [0.15, 0.2) is 24.3 Å². The van der Waals surface area contributed by atoms with Crippen LogP contribution in [-0.4, -0.2) is 36.6 Å². The Balaban J connectivity index is 0.00000220. The lowest BCUT2D eigenvalue weighted by atomic mass is 10.1. The van der Waals surface area contributed by atoms with Crippen LogP contribution in [0, 0.1) is 10.1 Å². The van der Waals surface area contributed by atoms with Gasteiger partial charge in [-0.05, 0) is 12.5 Å². The minimum Gasteiger partial charge on any atom is -0.366 e. The van der Waals surface area contributed by atoms with E-state index in [-0.39, 0.29) is 30.0 Å². The second-order valence-electron chi connectivity index (χ2n) is 4.65. The van der Waals surface area contributed by atoms with Crippen molar-refractivity contribution >= 4 is 24.0 Å². The smallest absolute Gasteiger partial charge is 0.269 e. The number of rotatable bonds is 4. The normalized spacial score (nSPS) is 19.2. The molecule has 2 unspecified atom stereocenters. The van der Waals surface area contributed by atoms with Crippen LogP contribution in [0.25, 0.3) is 0 Å². The largest absolute Gasteiger partial charge is 0.366 e. The third kappa shape index (κ3) is 4.66. The van der Waals surface area contributed by atoms with Gasteiger partial charge in [0.1, 0.15) is 6.10 Å². The summed E-state index contributed by atoms with van der Waals surface area (Å²) in [6.07, 6.45) is -0.509. The minimum absolute atomic E-state index is 0. The molecule has 1 aromatic rings. The highest BCUT2D eigenvalue weighted by molar-refractivity contribution is 5.85. The number of carbonyl (C=O) groups is 1. The molecule has 0 aliphatic carbocycles. The Bertz CT molecular complexity index is 506. The molecule has 1 fully saturated rings. The molecule has 1 saturated heterocycles. The number of hydrogen-bond acceptors (Lipinski definition) is 5. The number of ether oxygens (including phenoxy) is 1. The Morgan fingerprint density at radius 2 is 2.33 bits per heavy atom. The Labute approximate surface area is 128 Å². The Morgan fingerprint density at radius 1 is 1.57 bits per heavy atom. The van der Waals surface area contributed by atoms with Crippen LogP contribution in [0.5, 0.6) is 0 Å². The summed E-state index contributed by atoms with van der Waals surface area (Å²) in [5.41, 5.74) is 0.704. The van der Waals surface area contributed by atoms with Gasteiger partial charge in [-0.3, -0.25) is 14.9 Å². The van der Waals surface area contributed by atoms with Gasteiger partial charge in [-0.15, -0.1) is 12.4 Å². The molecule has 0 bridgehead atoms. The van der Waals surface area contributed by atoms with Gasteiger partial charge in [0.05, 0.1) is 17.6 Å². The third-order valence-corrected chi connectivity index (χ3v) is 3.16. The third-order valence-electron chi connectivity index (χ3n) is 3.16. The van der Waals surface area contributed by atoms with Crippen molar-refractivity contribution in [1.29, 1.82) is 0 Å². The highest BCUT2D eigenvalue weighted by atomic mass is 35.5. The first-order chi connectivity index (χ1) is 9.58. The van der Waals surface area contributed by atoms with E-state index in [4.69, 9.17) is 4.74 Å². The average molecular weight is 316 g/mol. The van der Waals surface area contributed by atoms with Crippen molar-refractivity contribution in [1.82, 2.24) is 10.6 Å². The number of nitrogens with zero attached hydrogens (tertiary/aromatic N) is 1. The van der Waals surface area contributed by atoms with Crippen LogP contribution in [-0.2, 0) is 9.53 Å². The zero-order chi connectivity index (χ0) is 14.5. The predicted molar refractivity (Wildman–Crippen MR) is 79.5 cm³/mol. The number of halogens is 1. The highest BCUT2D eigenvalue weighted by Crippen LogP contribution is 2.19. The lowest BCUT2D eigenvalue weighted by molar-refractivity contribution is -0.384. The molecule has 0 radical (unpaired) electrons. The van der Waals surface area contributed by atoms with Crippen molar-refractivity contribution in [3.8, 4) is 0 Å². The SMILES string of the molecule is CC(NC(=O)C1CNCCO1)c1cccc([N+](=O)[O-])c1.Cl. The van der Waals surface area contributed by atoms with Crippen molar-refractivity contribution < 1.29 is 14.5 Å². The molecule has 1 aromatic carbocycles. The number of nitro benzene ring substituents is 1. The fourth-order valence-electron chi connectivity index (χ4n) is 2.03. The molecule has 8 heteroatoms. The summed E-state index contributed by atoms with van der Waals surface area (Å²) in [5, 5.41) is 16.6. The van der Waals surface area contributed by atoms with Crippen molar-refractivity contribution in [2.75, 3.05) is 19.7 Å². The molecule has 2 atom stereocenters. The Hall–Kier alpha value is -1.70. The molecule has 0 aromatic heterocycles. The molecular formula is C13H18ClN3O4. The number of nitro groups is 1. The van der Waals surface area contributed by atoms with Crippen LogP contribution in [0.2, 0.25) is 0 Å². The van der Waals surface area contributed by atoms with Crippen molar-refractivity contribution in [2.24, 2.45) is 0 Å². The summed E-state index contributed by atoms with van der Waals surface area (Å²) in [4.78, 5) is 22.3. The zero-order valence-corrected chi connectivity index (χ0v) is 12.4. The number of amides is 1. The topological polar surface area (TPSA) is 93.5 Å². The quantitative estimate of drug-likeness (QED) is 0.643. The lowest BCUT2D eigenvalue weighted by Gasteiger charge is -2.24. The van der Waals surface area contributed by atoms with E-state index in [2.05, 4.69) is 10.6 Å². The van der Waals surface area contributed by atoms with Gasteiger partial charge >= 0.3 is 0 Å². The van der Waals surface area contributed by atoms with Gasteiger partial charge < -0.3 is 15.4 Å². The first-order valence-corrected chi connectivity index (χ1v) is 6.45. The molecule has 21 heavy (non-hydrogen) atoms. The first kappa shape index (κ1) is 17.4. The maximum Gasteiger partial charge on any atom is 0.269 e. The molecule has 1 amide bonds. The van der Waals surface area contributed by atoms with Gasteiger partial charge in [-0.2, -0.15) is 0 Å². The van der Waals surface area contributed by atoms with Gasteiger partial charge in [-0.25, -0.2) is 0 Å². The van der Waals surface area contributed by atoms with Crippen molar-refractivity contribution in [2.45, 2.75) is 19.1 Å². The average Bonchev–Trinajstić information content (AvgIpc) is 2.48. The zero-order valence-electron chi connectivity index (χ0n) is 11.6. The van der Waals surface area contributed by atoms with Crippen molar-refractivity contribution in [3.05, 3.63) is 39.9 Å². The molecular weight excluding hydrogens is 298 g/mol. The van der Waals surface area contributed by atoms with E-state index in [1.165, 1.54) is 12.1 Å². The van der Waals surface area contributed by atoms with Crippen LogP contribution in [0.4, 0.5) is 5.69 Å². The summed E-state index contributed by atoms with van der Waals surface area (Å²) in [6, 6.07) is 5.93. The fraction of sp³-hybridized carbons (Fsp3) is 0.462. The maximum atomic E-state index is 12.0. The van der Waals surface area contributed by atoms with Gasteiger partial charge in [-0.1, -0.05) is 12.1 Å². The van der Waals surface area contributed by atoms with Gasteiger partial charge in [0, 0.05) is 25.2 Å². The number of carbonyl (C=O) groups excluding carboxylic acids is 1. The van der Waals surface area contributed by atoms with Crippen molar-refractivity contribution in [3.63, 3.8) is 0 Å². The number of nitrogens with one attached hydrogen (secondary N) is 2. The molecule has 1 aliphatic rings. The number of non-ortho nitro benzene ring substituents is 1. The highest BCUT2D eigenvalue weighted by Gasteiger charge is 2.23. The van der Waals surface area contributed by atoms with E-state index in [1.807, 2.05) is 0 Å². The summed E-state index contributed by atoms with van der Waals surface area (Å²) in [6.45, 7) is 3.51. The number of morpholine rings is 1. The van der Waals surface area contributed by atoms with E-state index in [0.29, 0.717) is 18.7 Å². The van der Waals surface area contributed by atoms with Crippen LogP contribution >= 0.6 is 12.4 Å². The monoisotopic (exact) mass is 315 g/mol. The van der Waals surface area contributed by atoms with E-state index >= 15 is 0 Å². The fourth-order valence-corrected chi connectivity index (χ4v) is 2.03. The Kier molecular flexibility index (Phi) is 6.54. The van der Waals surface area contributed by atoms with Gasteiger partial charge in [0.2, 0.25) is 0 Å². The van der Waals surface area contributed by atoms with Crippen LogP contribution in [0.1, 0.15) is 18.5 Å². The Morgan fingerprint density at radius 3 is 2.95 bits per heavy atom. The van der Waals surface area contributed by atoms with Crippen LogP contribution in [0.3, 0.4) is 0 Å². The predicted octanol–water partition coefficient (Wildman–Crippen LogP) is 1.18.